The van der Waals surface area contributed by atoms with Crippen LogP contribution in [0, 0.1) is 6.92 Å². The van der Waals surface area contributed by atoms with Crippen LogP contribution in [0.3, 0.4) is 0 Å². The quantitative estimate of drug-likeness (QED) is 0.693. The normalized spacial score (nSPS) is 19.9. The first kappa shape index (κ1) is 14.0. The van der Waals surface area contributed by atoms with Gasteiger partial charge in [-0.3, -0.25) is 0 Å². The van der Waals surface area contributed by atoms with Crippen LogP contribution in [0.1, 0.15) is 30.3 Å². The Morgan fingerprint density at radius 1 is 1.21 bits per heavy atom. The number of rotatable bonds is 2. The van der Waals surface area contributed by atoms with Gasteiger partial charge >= 0.3 is 0 Å². The summed E-state index contributed by atoms with van der Waals surface area (Å²) in [6.45, 7) is 3.16. The second-order valence-corrected chi connectivity index (χ2v) is 7.30. The minimum absolute atomic E-state index is 0.197. The molecule has 1 unspecified atom stereocenters. The van der Waals surface area contributed by atoms with E-state index in [4.69, 9.17) is 4.98 Å². The molecule has 0 spiro atoms. The Hall–Kier alpha value is -2.40. The SMILES string of the molecule is Cc1cccc(N2C=C3CCCN3C2c2ccc3ncsc3c2)n1. The summed E-state index contributed by atoms with van der Waals surface area (Å²) in [5.74, 6) is 1.02. The fourth-order valence-electron chi connectivity index (χ4n) is 3.75. The number of anilines is 1. The number of fused-ring (bicyclic) bond motifs is 2. The molecule has 0 amide bonds. The highest BCUT2D eigenvalue weighted by atomic mass is 32.1. The maximum Gasteiger partial charge on any atom is 0.134 e. The first-order valence-electron chi connectivity index (χ1n) is 8.32. The molecule has 24 heavy (non-hydrogen) atoms. The van der Waals surface area contributed by atoms with Gasteiger partial charge in [0.15, 0.2) is 0 Å². The maximum absolute atomic E-state index is 4.76. The number of thiazole rings is 1. The smallest absolute Gasteiger partial charge is 0.134 e. The summed E-state index contributed by atoms with van der Waals surface area (Å²) in [6, 6.07) is 12.9. The van der Waals surface area contributed by atoms with Crippen molar-refractivity contribution in [2.45, 2.75) is 25.9 Å². The lowest BCUT2D eigenvalue weighted by Crippen LogP contribution is -2.31. The Bertz CT molecular complexity index is 945. The predicted molar refractivity (Wildman–Crippen MR) is 97.8 cm³/mol. The molecular weight excluding hydrogens is 316 g/mol. The zero-order valence-corrected chi connectivity index (χ0v) is 14.3. The van der Waals surface area contributed by atoms with E-state index >= 15 is 0 Å². The number of hydrogen-bond donors (Lipinski definition) is 0. The number of hydrogen-bond acceptors (Lipinski definition) is 5. The largest absolute Gasteiger partial charge is 0.349 e. The monoisotopic (exact) mass is 334 g/mol. The van der Waals surface area contributed by atoms with Gasteiger partial charge in [0, 0.05) is 24.1 Å². The lowest BCUT2D eigenvalue weighted by atomic mass is 10.1. The molecule has 3 aromatic rings. The molecule has 1 saturated heterocycles. The Morgan fingerprint density at radius 3 is 3.08 bits per heavy atom. The molecule has 4 heterocycles. The van der Waals surface area contributed by atoms with Crippen molar-refractivity contribution in [2.75, 3.05) is 11.4 Å². The summed E-state index contributed by atoms with van der Waals surface area (Å²) in [5.41, 5.74) is 6.78. The van der Waals surface area contributed by atoms with Gasteiger partial charge in [0.25, 0.3) is 0 Å². The molecule has 2 aromatic heterocycles. The van der Waals surface area contributed by atoms with Gasteiger partial charge in [-0.1, -0.05) is 12.1 Å². The van der Waals surface area contributed by atoms with Crippen molar-refractivity contribution in [1.82, 2.24) is 14.9 Å². The van der Waals surface area contributed by atoms with E-state index in [1.807, 2.05) is 18.5 Å². The standard InChI is InChI=1S/C19H18N4S/c1-13-4-2-6-18(21-13)23-11-15-5-3-9-22(15)19(23)14-7-8-16-17(10-14)24-12-20-16/h2,4,6-8,10-12,19H,3,5,9H2,1H3. The average molecular weight is 334 g/mol. The van der Waals surface area contributed by atoms with Crippen LogP contribution in [0.4, 0.5) is 5.82 Å². The molecule has 1 atom stereocenters. The molecule has 0 saturated carbocycles. The van der Waals surface area contributed by atoms with E-state index in [2.05, 4.69) is 51.3 Å². The third-order valence-electron chi connectivity index (χ3n) is 4.84. The Kier molecular flexibility index (Phi) is 3.10. The number of nitrogens with zero attached hydrogens (tertiary/aromatic N) is 4. The van der Waals surface area contributed by atoms with E-state index in [0.717, 1.165) is 30.0 Å². The minimum atomic E-state index is 0.197. The molecule has 120 valence electrons. The number of allylic oxidation sites excluding steroid dienone is 1. The van der Waals surface area contributed by atoms with Crippen LogP contribution < -0.4 is 4.90 Å². The van der Waals surface area contributed by atoms with E-state index in [0.29, 0.717) is 0 Å². The van der Waals surface area contributed by atoms with Gasteiger partial charge in [0.1, 0.15) is 12.0 Å². The van der Waals surface area contributed by atoms with Crippen molar-refractivity contribution in [1.29, 1.82) is 0 Å². The summed E-state index contributed by atoms with van der Waals surface area (Å²) >= 11 is 1.70. The summed E-state index contributed by atoms with van der Waals surface area (Å²) in [5, 5.41) is 0. The third kappa shape index (κ3) is 2.12. The predicted octanol–water partition coefficient (Wildman–Crippen LogP) is 4.46. The minimum Gasteiger partial charge on any atom is -0.349 e. The van der Waals surface area contributed by atoms with Crippen LogP contribution in [0.2, 0.25) is 0 Å². The van der Waals surface area contributed by atoms with Crippen LogP contribution in [-0.4, -0.2) is 21.4 Å². The number of aryl methyl sites for hydroxylation is 1. The van der Waals surface area contributed by atoms with Crippen LogP contribution in [0.5, 0.6) is 0 Å². The Morgan fingerprint density at radius 2 is 2.17 bits per heavy atom. The van der Waals surface area contributed by atoms with Crippen molar-refractivity contribution >= 4 is 27.4 Å². The number of aromatic nitrogens is 2. The van der Waals surface area contributed by atoms with Gasteiger partial charge < -0.3 is 9.80 Å². The molecule has 5 heteroatoms. The van der Waals surface area contributed by atoms with Gasteiger partial charge in [-0.05, 0) is 49.6 Å². The van der Waals surface area contributed by atoms with Crippen LogP contribution in [0.25, 0.3) is 10.2 Å². The number of benzene rings is 1. The van der Waals surface area contributed by atoms with E-state index in [9.17, 15) is 0 Å². The van der Waals surface area contributed by atoms with Crippen molar-refractivity contribution in [3.63, 3.8) is 0 Å². The van der Waals surface area contributed by atoms with Gasteiger partial charge in [0.05, 0.1) is 15.7 Å². The van der Waals surface area contributed by atoms with Crippen molar-refractivity contribution < 1.29 is 0 Å². The molecule has 1 aromatic carbocycles. The van der Waals surface area contributed by atoms with E-state index in [1.165, 1.54) is 22.4 Å². The van der Waals surface area contributed by atoms with Crippen LogP contribution in [0.15, 0.2) is 53.8 Å². The van der Waals surface area contributed by atoms with Crippen molar-refractivity contribution in [3.05, 3.63) is 65.1 Å². The second-order valence-electron chi connectivity index (χ2n) is 6.42. The van der Waals surface area contributed by atoms with Gasteiger partial charge in [-0.25, -0.2) is 9.97 Å². The Balaban J connectivity index is 1.63. The van der Waals surface area contributed by atoms with E-state index in [1.54, 1.807) is 11.3 Å². The second kappa shape index (κ2) is 5.31. The highest BCUT2D eigenvalue weighted by molar-refractivity contribution is 7.16. The topological polar surface area (TPSA) is 32.3 Å². The first-order chi connectivity index (χ1) is 11.8. The molecule has 1 fully saturated rings. The lowest BCUT2D eigenvalue weighted by molar-refractivity contribution is 0.318. The molecule has 2 aliphatic rings. The number of pyridine rings is 1. The van der Waals surface area contributed by atoms with Gasteiger partial charge in [-0.15, -0.1) is 11.3 Å². The molecule has 4 nitrogen and oxygen atoms in total. The Labute approximate surface area is 145 Å². The van der Waals surface area contributed by atoms with Crippen LogP contribution >= 0.6 is 11.3 Å². The van der Waals surface area contributed by atoms with Gasteiger partial charge in [-0.2, -0.15) is 0 Å². The average Bonchev–Trinajstić information content (AvgIpc) is 3.29. The fourth-order valence-corrected chi connectivity index (χ4v) is 4.48. The van der Waals surface area contributed by atoms with E-state index in [-0.39, 0.29) is 6.17 Å². The molecule has 5 rings (SSSR count). The molecule has 0 radical (unpaired) electrons. The summed E-state index contributed by atoms with van der Waals surface area (Å²) in [7, 11) is 0. The molecular formula is C19H18N4S. The van der Waals surface area contributed by atoms with Crippen molar-refractivity contribution in [3.8, 4) is 0 Å². The third-order valence-corrected chi connectivity index (χ3v) is 5.63. The van der Waals surface area contributed by atoms with Gasteiger partial charge in [0.2, 0.25) is 0 Å². The maximum atomic E-state index is 4.76. The zero-order chi connectivity index (χ0) is 16.1. The summed E-state index contributed by atoms with van der Waals surface area (Å²) in [6.07, 6.45) is 4.88. The molecule has 0 bridgehead atoms. The highest BCUT2D eigenvalue weighted by Crippen LogP contribution is 2.43. The van der Waals surface area contributed by atoms with E-state index < -0.39 is 0 Å². The summed E-state index contributed by atoms with van der Waals surface area (Å²) in [4.78, 5) is 14.0. The summed E-state index contributed by atoms with van der Waals surface area (Å²) < 4.78 is 1.25. The lowest BCUT2D eigenvalue weighted by Gasteiger charge is -2.32. The first-order valence-corrected chi connectivity index (χ1v) is 9.20. The molecule has 0 aliphatic carbocycles. The fraction of sp³-hybridized carbons (Fsp3) is 0.263. The van der Waals surface area contributed by atoms with Crippen molar-refractivity contribution in [2.24, 2.45) is 0 Å². The zero-order valence-electron chi connectivity index (χ0n) is 13.5. The molecule has 2 aliphatic heterocycles. The molecule has 0 N–H and O–H groups in total. The van der Waals surface area contributed by atoms with Crippen LogP contribution in [-0.2, 0) is 0 Å². The highest BCUT2D eigenvalue weighted by Gasteiger charge is 2.37.